The Balaban J connectivity index is 2.15. The lowest BCUT2D eigenvalue weighted by Gasteiger charge is -2.24. The van der Waals surface area contributed by atoms with Crippen molar-refractivity contribution in [3.05, 3.63) is 33.5 Å². The first-order chi connectivity index (χ1) is 7.23. The Hall–Kier alpha value is -0.450. The maximum absolute atomic E-state index is 13.8. The molecule has 2 aliphatic rings. The second kappa shape index (κ2) is 3.27. The molecule has 2 N–H and O–H groups in total. The lowest BCUT2D eigenvalue weighted by atomic mass is 9.93. The maximum atomic E-state index is 13.8. The number of fused-ring (bicyclic) bond motifs is 2. The van der Waals surface area contributed by atoms with E-state index in [1.165, 1.54) is 0 Å². The molecule has 1 aromatic rings. The highest BCUT2D eigenvalue weighted by Gasteiger charge is 2.42. The van der Waals surface area contributed by atoms with E-state index in [0.29, 0.717) is 4.47 Å². The summed E-state index contributed by atoms with van der Waals surface area (Å²) in [5, 5.41) is 6.73. The Kier molecular flexibility index (Phi) is 2.13. The van der Waals surface area contributed by atoms with Gasteiger partial charge >= 0.3 is 0 Å². The summed E-state index contributed by atoms with van der Waals surface area (Å²) in [6.45, 7) is 1.72. The van der Waals surface area contributed by atoms with E-state index in [1.54, 1.807) is 6.07 Å². The van der Waals surface area contributed by atoms with E-state index in [2.05, 4.69) is 26.6 Å². The zero-order valence-corrected chi connectivity index (χ0v) is 9.83. The van der Waals surface area contributed by atoms with Gasteiger partial charge in [0.1, 0.15) is 5.82 Å². The minimum atomic E-state index is -0.0851. The average Bonchev–Trinajstić information content (AvgIpc) is 2.83. The third kappa shape index (κ3) is 1.28. The summed E-state index contributed by atoms with van der Waals surface area (Å²) in [4.78, 5) is 0. The van der Waals surface area contributed by atoms with E-state index in [-0.39, 0.29) is 11.4 Å². The molecular formula is C11H12BrFN2. The van der Waals surface area contributed by atoms with Crippen molar-refractivity contribution < 1.29 is 4.39 Å². The summed E-state index contributed by atoms with van der Waals surface area (Å²) >= 11 is 3.23. The van der Waals surface area contributed by atoms with Crippen molar-refractivity contribution in [1.82, 2.24) is 10.6 Å². The van der Waals surface area contributed by atoms with Gasteiger partial charge in [-0.1, -0.05) is 6.07 Å². The third-order valence-corrected chi connectivity index (χ3v) is 4.10. The zero-order valence-electron chi connectivity index (χ0n) is 8.24. The molecule has 80 valence electrons. The van der Waals surface area contributed by atoms with Gasteiger partial charge in [-0.05, 0) is 46.0 Å². The number of benzene rings is 1. The molecule has 1 spiro atoms. The number of hydrogen-bond acceptors (Lipinski definition) is 2. The van der Waals surface area contributed by atoms with Crippen molar-refractivity contribution in [1.29, 1.82) is 0 Å². The smallest absolute Gasteiger partial charge is 0.140 e. The molecule has 3 rings (SSSR count). The van der Waals surface area contributed by atoms with Crippen LogP contribution in [0.15, 0.2) is 16.6 Å². The Morgan fingerprint density at radius 2 is 2.27 bits per heavy atom. The minimum absolute atomic E-state index is 0.0170. The second-order valence-corrected chi connectivity index (χ2v) is 5.10. The normalized spacial score (nSPS) is 28.7. The fourth-order valence-corrected chi connectivity index (χ4v) is 3.07. The van der Waals surface area contributed by atoms with Crippen LogP contribution in [-0.4, -0.2) is 13.2 Å². The first-order valence-corrected chi connectivity index (χ1v) is 5.95. The topological polar surface area (TPSA) is 24.1 Å². The molecule has 4 heteroatoms. The number of hydrogen-bond donors (Lipinski definition) is 2. The van der Waals surface area contributed by atoms with E-state index >= 15 is 0 Å². The largest absolute Gasteiger partial charge is 0.302 e. The fourth-order valence-electron chi connectivity index (χ4n) is 2.70. The standard InChI is InChI=1S/C11H12BrFN2/c12-9-2-1-8-7(10(9)13)3-4-11(8)5-14-6-15-11/h1-2,14-15H,3-6H2. The van der Waals surface area contributed by atoms with Crippen molar-refractivity contribution in [2.45, 2.75) is 18.4 Å². The highest BCUT2D eigenvalue weighted by Crippen LogP contribution is 2.40. The molecule has 2 nitrogen and oxygen atoms in total. The molecule has 1 aromatic carbocycles. The first kappa shape index (κ1) is 9.75. The second-order valence-electron chi connectivity index (χ2n) is 4.25. The molecule has 1 aliphatic carbocycles. The van der Waals surface area contributed by atoms with Crippen molar-refractivity contribution in [3.63, 3.8) is 0 Å². The molecule has 0 radical (unpaired) electrons. The lowest BCUT2D eigenvalue weighted by Crippen LogP contribution is -2.36. The Labute approximate surface area is 96.4 Å². The maximum Gasteiger partial charge on any atom is 0.140 e. The number of nitrogens with one attached hydrogen (secondary N) is 2. The summed E-state index contributed by atoms with van der Waals surface area (Å²) in [7, 11) is 0. The van der Waals surface area contributed by atoms with Crippen LogP contribution in [0.1, 0.15) is 17.5 Å². The van der Waals surface area contributed by atoms with Gasteiger partial charge in [0.25, 0.3) is 0 Å². The molecular weight excluding hydrogens is 259 g/mol. The average molecular weight is 271 g/mol. The summed E-state index contributed by atoms with van der Waals surface area (Å²) in [5.41, 5.74) is 1.99. The highest BCUT2D eigenvalue weighted by molar-refractivity contribution is 9.10. The molecule has 0 aromatic heterocycles. The summed E-state index contributed by atoms with van der Waals surface area (Å²) in [5.74, 6) is -0.0851. The Morgan fingerprint density at radius 1 is 1.40 bits per heavy atom. The van der Waals surface area contributed by atoms with E-state index in [9.17, 15) is 4.39 Å². The van der Waals surface area contributed by atoms with Gasteiger partial charge in [0.15, 0.2) is 0 Å². The van der Waals surface area contributed by atoms with Crippen molar-refractivity contribution in [2.75, 3.05) is 13.2 Å². The molecule has 1 heterocycles. The number of halogens is 2. The minimum Gasteiger partial charge on any atom is -0.302 e. The molecule has 15 heavy (non-hydrogen) atoms. The van der Waals surface area contributed by atoms with Crippen LogP contribution < -0.4 is 10.6 Å². The van der Waals surface area contributed by atoms with Gasteiger partial charge < -0.3 is 5.32 Å². The Morgan fingerprint density at radius 3 is 3.00 bits per heavy atom. The molecule has 1 unspecified atom stereocenters. The van der Waals surface area contributed by atoms with Crippen LogP contribution in [0.5, 0.6) is 0 Å². The first-order valence-electron chi connectivity index (χ1n) is 5.16. The van der Waals surface area contributed by atoms with Gasteiger partial charge in [-0.25, -0.2) is 4.39 Å². The quantitative estimate of drug-likeness (QED) is 0.753. The molecule has 0 bridgehead atoms. The van der Waals surface area contributed by atoms with Crippen LogP contribution in [0.25, 0.3) is 0 Å². The van der Waals surface area contributed by atoms with E-state index in [0.717, 1.165) is 37.2 Å². The van der Waals surface area contributed by atoms with Crippen molar-refractivity contribution >= 4 is 15.9 Å². The SMILES string of the molecule is Fc1c(Br)ccc2c1CCC21CNCN1. The van der Waals surface area contributed by atoms with E-state index < -0.39 is 0 Å². The molecule has 1 fully saturated rings. The predicted octanol–water partition coefficient (Wildman–Crippen LogP) is 1.88. The molecule has 1 atom stereocenters. The van der Waals surface area contributed by atoms with Crippen LogP contribution in [0.4, 0.5) is 4.39 Å². The monoisotopic (exact) mass is 270 g/mol. The van der Waals surface area contributed by atoms with Gasteiger partial charge in [-0.15, -0.1) is 0 Å². The molecule has 1 saturated heterocycles. The van der Waals surface area contributed by atoms with Crippen molar-refractivity contribution in [2.24, 2.45) is 0 Å². The zero-order chi connectivity index (χ0) is 10.5. The van der Waals surface area contributed by atoms with Crippen LogP contribution in [-0.2, 0) is 12.0 Å². The molecule has 1 aliphatic heterocycles. The van der Waals surface area contributed by atoms with Gasteiger partial charge in [-0.3, -0.25) is 5.32 Å². The lowest BCUT2D eigenvalue weighted by molar-refractivity contribution is 0.413. The highest BCUT2D eigenvalue weighted by atomic mass is 79.9. The van der Waals surface area contributed by atoms with Crippen LogP contribution in [0.2, 0.25) is 0 Å². The Bertz CT molecular complexity index is 413. The van der Waals surface area contributed by atoms with E-state index in [4.69, 9.17) is 0 Å². The van der Waals surface area contributed by atoms with E-state index in [1.807, 2.05) is 6.07 Å². The van der Waals surface area contributed by atoms with Gasteiger partial charge in [0, 0.05) is 13.2 Å². The van der Waals surface area contributed by atoms with Crippen molar-refractivity contribution in [3.8, 4) is 0 Å². The van der Waals surface area contributed by atoms with Crippen LogP contribution >= 0.6 is 15.9 Å². The third-order valence-electron chi connectivity index (χ3n) is 3.49. The van der Waals surface area contributed by atoms with Gasteiger partial charge in [0.05, 0.1) is 10.0 Å². The predicted molar refractivity (Wildman–Crippen MR) is 60.1 cm³/mol. The van der Waals surface area contributed by atoms with Gasteiger partial charge in [0.2, 0.25) is 0 Å². The summed E-state index contributed by atoms with van der Waals surface area (Å²) in [6.07, 6.45) is 1.82. The van der Waals surface area contributed by atoms with Crippen LogP contribution in [0, 0.1) is 5.82 Å². The number of rotatable bonds is 0. The van der Waals surface area contributed by atoms with Gasteiger partial charge in [-0.2, -0.15) is 0 Å². The molecule has 0 saturated carbocycles. The summed E-state index contributed by atoms with van der Waals surface area (Å²) in [6, 6.07) is 3.84. The molecule has 0 amide bonds. The summed E-state index contributed by atoms with van der Waals surface area (Å²) < 4.78 is 14.4. The van der Waals surface area contributed by atoms with Crippen LogP contribution in [0.3, 0.4) is 0 Å². The fraction of sp³-hybridized carbons (Fsp3) is 0.455.